The summed E-state index contributed by atoms with van der Waals surface area (Å²) in [6.07, 6.45) is 0.493. The predicted molar refractivity (Wildman–Crippen MR) is 103 cm³/mol. The Morgan fingerprint density at radius 3 is 2.61 bits per heavy atom. The van der Waals surface area contributed by atoms with Crippen LogP contribution < -0.4 is 14.8 Å². The van der Waals surface area contributed by atoms with Crippen LogP contribution in [-0.2, 0) is 18.3 Å². The molecule has 0 saturated carbocycles. The smallest absolute Gasteiger partial charge is 0.271 e. The molecule has 0 saturated heterocycles. The summed E-state index contributed by atoms with van der Waals surface area (Å²) in [5.74, 6) is 1.77. The molecule has 0 aliphatic rings. The lowest BCUT2D eigenvalue weighted by Crippen LogP contribution is -2.31. The zero-order chi connectivity index (χ0) is 20.1. The molecule has 28 heavy (non-hydrogen) atoms. The molecule has 0 aliphatic carbocycles. The van der Waals surface area contributed by atoms with Crippen molar-refractivity contribution in [2.24, 2.45) is 7.05 Å². The van der Waals surface area contributed by atoms with Crippen LogP contribution >= 0.6 is 0 Å². The van der Waals surface area contributed by atoms with Crippen molar-refractivity contribution in [3.05, 3.63) is 58.4 Å². The number of nitrogens with zero attached hydrogens (tertiary/aromatic N) is 3. The van der Waals surface area contributed by atoms with Gasteiger partial charge in [-0.05, 0) is 30.3 Å². The maximum atomic E-state index is 11.9. The van der Waals surface area contributed by atoms with Crippen LogP contribution in [0.5, 0.6) is 11.5 Å². The van der Waals surface area contributed by atoms with Crippen molar-refractivity contribution < 1.29 is 19.2 Å². The van der Waals surface area contributed by atoms with E-state index in [1.54, 1.807) is 37.4 Å². The Morgan fingerprint density at radius 2 is 1.93 bits per heavy atom. The molecule has 9 nitrogen and oxygen atoms in total. The van der Waals surface area contributed by atoms with Crippen LogP contribution in [0.3, 0.4) is 0 Å². The number of rotatable bonds is 8. The Balaban J connectivity index is 1.51. The summed E-state index contributed by atoms with van der Waals surface area (Å²) in [6.45, 7) is 0.283. The molecule has 0 radical (unpaired) electrons. The van der Waals surface area contributed by atoms with E-state index in [0.29, 0.717) is 30.0 Å². The number of carbonyl (C=O) groups is 1. The zero-order valence-corrected chi connectivity index (χ0v) is 15.5. The van der Waals surface area contributed by atoms with Crippen LogP contribution in [0.4, 0.5) is 5.69 Å². The summed E-state index contributed by atoms with van der Waals surface area (Å²) in [4.78, 5) is 26.8. The van der Waals surface area contributed by atoms with E-state index in [9.17, 15) is 14.9 Å². The van der Waals surface area contributed by atoms with Gasteiger partial charge in [-0.15, -0.1) is 0 Å². The van der Waals surface area contributed by atoms with Gasteiger partial charge < -0.3 is 19.4 Å². The molecule has 146 valence electrons. The molecule has 0 atom stereocenters. The maximum Gasteiger partial charge on any atom is 0.271 e. The third kappa shape index (κ3) is 4.37. The number of nitro groups is 1. The molecule has 0 unspecified atom stereocenters. The van der Waals surface area contributed by atoms with Crippen LogP contribution in [0.2, 0.25) is 0 Å². The molecule has 1 N–H and O–H groups in total. The number of aryl methyl sites for hydroxylation is 1. The van der Waals surface area contributed by atoms with Gasteiger partial charge in [-0.2, -0.15) is 0 Å². The van der Waals surface area contributed by atoms with Crippen molar-refractivity contribution >= 4 is 22.6 Å². The number of hydrogen-bond acceptors (Lipinski definition) is 6. The lowest BCUT2D eigenvalue weighted by Gasteiger charge is -2.08. The van der Waals surface area contributed by atoms with Crippen molar-refractivity contribution in [1.82, 2.24) is 14.9 Å². The second kappa shape index (κ2) is 8.38. The van der Waals surface area contributed by atoms with E-state index in [-0.39, 0.29) is 18.2 Å². The number of aromatic nitrogens is 2. The molecule has 0 spiro atoms. The molecule has 0 bridgehead atoms. The van der Waals surface area contributed by atoms with E-state index in [4.69, 9.17) is 9.47 Å². The highest BCUT2D eigenvalue weighted by molar-refractivity contribution is 5.79. The Morgan fingerprint density at radius 1 is 1.21 bits per heavy atom. The Bertz CT molecular complexity index is 997. The number of amides is 1. The number of hydrogen-bond donors (Lipinski definition) is 1. The number of methoxy groups -OCH3 is 1. The van der Waals surface area contributed by atoms with E-state index in [1.165, 1.54) is 12.1 Å². The fourth-order valence-corrected chi connectivity index (χ4v) is 2.76. The van der Waals surface area contributed by atoms with Gasteiger partial charge in [-0.1, -0.05) is 0 Å². The minimum Gasteiger partial charge on any atom is -0.497 e. The van der Waals surface area contributed by atoms with Crippen molar-refractivity contribution in [2.75, 3.05) is 20.3 Å². The molecule has 3 rings (SSSR count). The number of nitrogens with one attached hydrogen (secondary N) is 1. The number of nitro benzene ring substituents is 1. The summed E-state index contributed by atoms with van der Waals surface area (Å²) >= 11 is 0. The third-order valence-corrected chi connectivity index (χ3v) is 4.27. The standard InChI is InChI=1S/C19H20N4O5/c1-22-17-8-3-13(23(25)26)11-16(17)21-18(22)9-10-20-19(24)12-28-15-6-4-14(27-2)5-7-15/h3-8,11H,9-10,12H2,1-2H3,(H,20,24). The molecular formula is C19H20N4O5. The number of ether oxygens (including phenoxy) is 2. The van der Waals surface area contributed by atoms with Crippen molar-refractivity contribution in [2.45, 2.75) is 6.42 Å². The first-order valence-electron chi connectivity index (χ1n) is 8.61. The first-order chi connectivity index (χ1) is 13.5. The highest BCUT2D eigenvalue weighted by Crippen LogP contribution is 2.21. The Kier molecular flexibility index (Phi) is 5.73. The lowest BCUT2D eigenvalue weighted by molar-refractivity contribution is -0.384. The van der Waals surface area contributed by atoms with Gasteiger partial charge in [-0.3, -0.25) is 14.9 Å². The summed E-state index contributed by atoms with van der Waals surface area (Å²) in [5, 5.41) is 13.7. The first kappa shape index (κ1) is 19.2. The predicted octanol–water partition coefficient (Wildman–Crippen LogP) is 2.23. The first-order valence-corrected chi connectivity index (χ1v) is 8.61. The highest BCUT2D eigenvalue weighted by Gasteiger charge is 2.13. The molecule has 1 heterocycles. The maximum absolute atomic E-state index is 11.9. The van der Waals surface area contributed by atoms with Crippen LogP contribution in [-0.4, -0.2) is 40.6 Å². The topological polar surface area (TPSA) is 109 Å². The van der Waals surface area contributed by atoms with Crippen molar-refractivity contribution in [1.29, 1.82) is 0 Å². The van der Waals surface area contributed by atoms with Gasteiger partial charge in [0.25, 0.3) is 11.6 Å². The quantitative estimate of drug-likeness (QED) is 0.471. The van der Waals surface area contributed by atoms with Crippen LogP contribution in [0.25, 0.3) is 11.0 Å². The largest absolute Gasteiger partial charge is 0.497 e. The minimum atomic E-state index is -0.448. The van der Waals surface area contributed by atoms with Gasteiger partial charge in [0, 0.05) is 32.1 Å². The van der Waals surface area contributed by atoms with Crippen LogP contribution in [0.15, 0.2) is 42.5 Å². The number of fused-ring (bicyclic) bond motifs is 1. The average Bonchev–Trinajstić information content (AvgIpc) is 3.02. The van der Waals surface area contributed by atoms with Crippen LogP contribution in [0, 0.1) is 10.1 Å². The minimum absolute atomic E-state index is 0.00105. The lowest BCUT2D eigenvalue weighted by atomic mass is 10.3. The monoisotopic (exact) mass is 384 g/mol. The number of imidazole rings is 1. The molecule has 3 aromatic rings. The molecule has 0 aliphatic heterocycles. The normalized spacial score (nSPS) is 10.6. The van der Waals surface area contributed by atoms with Gasteiger partial charge in [0.05, 0.1) is 23.1 Å². The molecule has 9 heteroatoms. The molecule has 1 amide bonds. The number of non-ortho nitro benzene ring substituents is 1. The molecule has 2 aromatic carbocycles. The van der Waals surface area contributed by atoms with Crippen molar-refractivity contribution in [3.8, 4) is 11.5 Å². The summed E-state index contributed by atoms with van der Waals surface area (Å²) in [7, 11) is 3.42. The van der Waals surface area contributed by atoms with Gasteiger partial charge >= 0.3 is 0 Å². The summed E-state index contributed by atoms with van der Waals surface area (Å²) in [5.41, 5.74) is 1.36. The Hall–Kier alpha value is -3.62. The fraction of sp³-hybridized carbons (Fsp3) is 0.263. The summed E-state index contributed by atoms with van der Waals surface area (Å²) in [6, 6.07) is 11.5. The SMILES string of the molecule is COc1ccc(OCC(=O)NCCc2nc3cc([N+](=O)[O-])ccc3n2C)cc1. The van der Waals surface area contributed by atoms with Gasteiger partial charge in [0.1, 0.15) is 17.3 Å². The molecular weight excluding hydrogens is 364 g/mol. The van der Waals surface area contributed by atoms with Crippen molar-refractivity contribution in [3.63, 3.8) is 0 Å². The summed E-state index contributed by atoms with van der Waals surface area (Å²) < 4.78 is 12.3. The van der Waals surface area contributed by atoms with E-state index in [2.05, 4.69) is 10.3 Å². The average molecular weight is 384 g/mol. The fourth-order valence-electron chi connectivity index (χ4n) is 2.76. The van der Waals surface area contributed by atoms with E-state index >= 15 is 0 Å². The zero-order valence-electron chi connectivity index (χ0n) is 15.5. The van der Waals surface area contributed by atoms with E-state index in [1.807, 2.05) is 11.6 Å². The molecule has 1 aromatic heterocycles. The third-order valence-electron chi connectivity index (χ3n) is 4.27. The van der Waals surface area contributed by atoms with Gasteiger partial charge in [0.2, 0.25) is 0 Å². The van der Waals surface area contributed by atoms with Gasteiger partial charge in [0.15, 0.2) is 6.61 Å². The van der Waals surface area contributed by atoms with Gasteiger partial charge in [-0.25, -0.2) is 4.98 Å². The van der Waals surface area contributed by atoms with Crippen LogP contribution in [0.1, 0.15) is 5.82 Å². The Labute approximate surface area is 161 Å². The van der Waals surface area contributed by atoms with E-state index in [0.717, 1.165) is 11.3 Å². The second-order valence-corrected chi connectivity index (χ2v) is 6.08. The molecule has 0 fully saturated rings. The highest BCUT2D eigenvalue weighted by atomic mass is 16.6. The number of carbonyl (C=O) groups excluding carboxylic acids is 1. The number of benzene rings is 2. The second-order valence-electron chi connectivity index (χ2n) is 6.08. The van der Waals surface area contributed by atoms with E-state index < -0.39 is 4.92 Å².